The Labute approximate surface area is 114 Å². The number of pyridine rings is 1. The second-order valence-corrected chi connectivity index (χ2v) is 5.41. The van der Waals surface area contributed by atoms with Crippen LogP contribution in [0.15, 0.2) is 22.8 Å². The van der Waals surface area contributed by atoms with Crippen LogP contribution in [0.1, 0.15) is 29.2 Å². The zero-order valence-electron chi connectivity index (χ0n) is 9.90. The summed E-state index contributed by atoms with van der Waals surface area (Å²) in [6.45, 7) is 1.08. The Kier molecular flexibility index (Phi) is 3.18. The van der Waals surface area contributed by atoms with Gasteiger partial charge in [-0.15, -0.1) is 0 Å². The van der Waals surface area contributed by atoms with Crippen LogP contribution >= 0.6 is 15.9 Å². The molecule has 0 aromatic carbocycles. The van der Waals surface area contributed by atoms with Crippen molar-refractivity contribution in [2.45, 2.75) is 25.3 Å². The van der Waals surface area contributed by atoms with E-state index < -0.39 is 0 Å². The lowest BCUT2D eigenvalue weighted by Gasteiger charge is -2.09. The standard InChI is InChI=1S/C13H14BrN3O/c14-12-5-1-4-11-10(8-18)16-13(17(11)12)7-9-3-2-6-15-9/h1,4-5,8-9,15H,2-3,6-7H2. The maximum Gasteiger partial charge on any atom is 0.170 e. The molecule has 2 aromatic heterocycles. The molecule has 0 radical (unpaired) electrons. The number of aromatic nitrogens is 2. The fourth-order valence-electron chi connectivity index (χ4n) is 2.57. The van der Waals surface area contributed by atoms with Crippen LogP contribution in [-0.4, -0.2) is 28.3 Å². The molecule has 5 heteroatoms. The average molecular weight is 308 g/mol. The van der Waals surface area contributed by atoms with E-state index in [0.29, 0.717) is 11.7 Å². The van der Waals surface area contributed by atoms with Crippen molar-refractivity contribution in [1.82, 2.24) is 14.7 Å². The minimum Gasteiger partial charge on any atom is -0.314 e. The largest absolute Gasteiger partial charge is 0.314 e. The van der Waals surface area contributed by atoms with Crippen molar-refractivity contribution in [3.8, 4) is 0 Å². The topological polar surface area (TPSA) is 46.4 Å². The number of nitrogens with zero attached hydrogens (tertiary/aromatic N) is 2. The molecule has 0 saturated carbocycles. The molecule has 1 unspecified atom stereocenters. The van der Waals surface area contributed by atoms with E-state index >= 15 is 0 Å². The molecule has 0 bridgehead atoms. The van der Waals surface area contributed by atoms with Crippen LogP contribution in [0.5, 0.6) is 0 Å². The second-order valence-electron chi connectivity index (χ2n) is 4.60. The lowest BCUT2D eigenvalue weighted by atomic mass is 10.1. The Morgan fingerprint density at radius 1 is 1.56 bits per heavy atom. The van der Waals surface area contributed by atoms with E-state index in [0.717, 1.165) is 35.2 Å². The highest BCUT2D eigenvalue weighted by Crippen LogP contribution is 2.21. The Morgan fingerprint density at radius 2 is 2.44 bits per heavy atom. The smallest absolute Gasteiger partial charge is 0.170 e. The molecule has 3 rings (SSSR count). The number of hydrogen-bond donors (Lipinski definition) is 1. The van der Waals surface area contributed by atoms with Gasteiger partial charge in [0, 0.05) is 12.5 Å². The maximum atomic E-state index is 11.1. The zero-order chi connectivity index (χ0) is 12.5. The average Bonchev–Trinajstić information content (AvgIpc) is 2.98. The van der Waals surface area contributed by atoms with Crippen molar-refractivity contribution < 1.29 is 4.79 Å². The lowest BCUT2D eigenvalue weighted by molar-refractivity contribution is 0.112. The van der Waals surface area contributed by atoms with Gasteiger partial charge in [-0.3, -0.25) is 9.20 Å². The maximum absolute atomic E-state index is 11.1. The summed E-state index contributed by atoms with van der Waals surface area (Å²) in [6.07, 6.45) is 4.08. The van der Waals surface area contributed by atoms with Gasteiger partial charge in [0.15, 0.2) is 6.29 Å². The molecule has 94 valence electrons. The van der Waals surface area contributed by atoms with Crippen LogP contribution in [0.3, 0.4) is 0 Å². The first-order valence-electron chi connectivity index (χ1n) is 6.14. The van der Waals surface area contributed by atoms with E-state index in [1.54, 1.807) is 0 Å². The molecular weight excluding hydrogens is 294 g/mol. The normalized spacial score (nSPS) is 19.5. The third kappa shape index (κ3) is 1.97. The predicted octanol–water partition coefficient (Wildman–Crippen LogP) is 2.20. The Hall–Kier alpha value is -1.20. The number of carbonyl (C=O) groups is 1. The van der Waals surface area contributed by atoms with Gasteiger partial charge in [0.25, 0.3) is 0 Å². The molecule has 2 aromatic rings. The fourth-order valence-corrected chi connectivity index (χ4v) is 3.11. The number of aldehydes is 1. The van der Waals surface area contributed by atoms with Gasteiger partial charge >= 0.3 is 0 Å². The Balaban J connectivity index is 2.07. The van der Waals surface area contributed by atoms with Gasteiger partial charge in [-0.1, -0.05) is 6.07 Å². The van der Waals surface area contributed by atoms with Gasteiger partial charge in [-0.05, 0) is 47.4 Å². The van der Waals surface area contributed by atoms with Crippen molar-refractivity contribution in [3.63, 3.8) is 0 Å². The molecule has 1 aliphatic rings. The number of hydrogen-bond acceptors (Lipinski definition) is 3. The zero-order valence-corrected chi connectivity index (χ0v) is 11.5. The van der Waals surface area contributed by atoms with Crippen molar-refractivity contribution in [3.05, 3.63) is 34.3 Å². The summed E-state index contributed by atoms with van der Waals surface area (Å²) in [5, 5.41) is 3.46. The molecule has 0 spiro atoms. The number of rotatable bonds is 3. The van der Waals surface area contributed by atoms with Crippen LogP contribution in [-0.2, 0) is 6.42 Å². The summed E-state index contributed by atoms with van der Waals surface area (Å²) in [5.41, 5.74) is 1.39. The van der Waals surface area contributed by atoms with Crippen molar-refractivity contribution in [1.29, 1.82) is 0 Å². The van der Waals surface area contributed by atoms with Crippen LogP contribution in [0.4, 0.5) is 0 Å². The molecular formula is C13H14BrN3O. The monoisotopic (exact) mass is 307 g/mol. The second kappa shape index (κ2) is 4.82. The van der Waals surface area contributed by atoms with Crippen molar-refractivity contribution in [2.24, 2.45) is 0 Å². The number of fused-ring (bicyclic) bond motifs is 1. The van der Waals surface area contributed by atoms with Gasteiger partial charge in [0.1, 0.15) is 11.5 Å². The molecule has 1 saturated heterocycles. The summed E-state index contributed by atoms with van der Waals surface area (Å²) in [4.78, 5) is 15.5. The summed E-state index contributed by atoms with van der Waals surface area (Å²) in [6, 6.07) is 6.29. The minimum absolute atomic E-state index is 0.474. The molecule has 0 amide bonds. The van der Waals surface area contributed by atoms with Crippen molar-refractivity contribution in [2.75, 3.05) is 6.54 Å². The molecule has 0 aliphatic carbocycles. The van der Waals surface area contributed by atoms with E-state index in [1.165, 1.54) is 12.8 Å². The first-order chi connectivity index (χ1) is 8.79. The molecule has 1 atom stereocenters. The van der Waals surface area contributed by atoms with Gasteiger partial charge in [-0.2, -0.15) is 0 Å². The van der Waals surface area contributed by atoms with Gasteiger partial charge in [-0.25, -0.2) is 4.98 Å². The van der Waals surface area contributed by atoms with E-state index in [4.69, 9.17) is 0 Å². The van der Waals surface area contributed by atoms with Crippen LogP contribution < -0.4 is 5.32 Å². The van der Waals surface area contributed by atoms with E-state index in [9.17, 15) is 4.79 Å². The minimum atomic E-state index is 0.474. The van der Waals surface area contributed by atoms with E-state index in [1.807, 2.05) is 22.6 Å². The lowest BCUT2D eigenvalue weighted by Crippen LogP contribution is -2.24. The molecule has 3 heterocycles. The highest BCUT2D eigenvalue weighted by molar-refractivity contribution is 9.10. The number of carbonyl (C=O) groups excluding carboxylic acids is 1. The number of halogens is 1. The number of imidazole rings is 1. The van der Waals surface area contributed by atoms with Gasteiger partial charge in [0.05, 0.1) is 10.1 Å². The third-order valence-electron chi connectivity index (χ3n) is 3.42. The SMILES string of the molecule is O=Cc1nc(CC2CCCN2)n2c(Br)cccc12. The first-order valence-corrected chi connectivity index (χ1v) is 6.93. The summed E-state index contributed by atoms with van der Waals surface area (Å²) < 4.78 is 2.96. The molecule has 1 aliphatic heterocycles. The quantitative estimate of drug-likeness (QED) is 0.698. The number of nitrogens with one attached hydrogen (secondary N) is 1. The summed E-state index contributed by atoms with van der Waals surface area (Å²) in [7, 11) is 0. The Bertz CT molecular complexity index is 587. The van der Waals surface area contributed by atoms with E-state index in [-0.39, 0.29) is 0 Å². The van der Waals surface area contributed by atoms with Crippen molar-refractivity contribution >= 4 is 27.7 Å². The third-order valence-corrected chi connectivity index (χ3v) is 4.03. The molecule has 18 heavy (non-hydrogen) atoms. The summed E-state index contributed by atoms with van der Waals surface area (Å²) >= 11 is 3.53. The molecule has 1 N–H and O–H groups in total. The highest BCUT2D eigenvalue weighted by atomic mass is 79.9. The van der Waals surface area contributed by atoms with Crippen LogP contribution in [0.2, 0.25) is 0 Å². The first kappa shape index (κ1) is 11.9. The Morgan fingerprint density at radius 3 is 3.17 bits per heavy atom. The van der Waals surface area contributed by atoms with E-state index in [2.05, 4.69) is 26.2 Å². The highest BCUT2D eigenvalue weighted by Gasteiger charge is 2.19. The predicted molar refractivity (Wildman–Crippen MR) is 73.0 cm³/mol. The molecule has 1 fully saturated rings. The van der Waals surface area contributed by atoms with Crippen LogP contribution in [0, 0.1) is 0 Å². The van der Waals surface area contributed by atoms with Gasteiger partial charge < -0.3 is 5.32 Å². The fraction of sp³-hybridized carbons (Fsp3) is 0.385. The summed E-state index contributed by atoms with van der Waals surface area (Å²) in [5.74, 6) is 0.943. The molecule has 4 nitrogen and oxygen atoms in total. The van der Waals surface area contributed by atoms with Crippen LogP contribution in [0.25, 0.3) is 5.52 Å². The van der Waals surface area contributed by atoms with Gasteiger partial charge in [0.2, 0.25) is 0 Å².